The summed E-state index contributed by atoms with van der Waals surface area (Å²) in [6.07, 6.45) is 5.08. The van der Waals surface area contributed by atoms with Gasteiger partial charge in [-0.2, -0.15) is 0 Å². The second-order valence-corrected chi connectivity index (χ2v) is 8.45. The Morgan fingerprint density at radius 2 is 2.04 bits per heavy atom. The van der Waals surface area contributed by atoms with Gasteiger partial charge in [-0.1, -0.05) is 38.8 Å². The zero-order chi connectivity index (χ0) is 20.1. The van der Waals surface area contributed by atoms with Crippen LogP contribution in [0.25, 0.3) is 0 Å². The predicted octanol–water partition coefficient (Wildman–Crippen LogP) is 2.74. The minimum absolute atomic E-state index is 0.180. The van der Waals surface area contributed by atoms with Crippen molar-refractivity contribution >= 4 is 29.1 Å². The number of likely N-dealkylation sites (tertiary alicyclic amines) is 1. The summed E-state index contributed by atoms with van der Waals surface area (Å²) < 4.78 is 0. The van der Waals surface area contributed by atoms with E-state index in [0.29, 0.717) is 41.5 Å². The molecule has 3 rings (SSSR count). The summed E-state index contributed by atoms with van der Waals surface area (Å²) in [6, 6.07) is 7.69. The van der Waals surface area contributed by atoms with Crippen molar-refractivity contribution in [2.24, 2.45) is 11.8 Å². The minimum Gasteiger partial charge on any atom is -0.358 e. The molecule has 152 valence electrons. The van der Waals surface area contributed by atoms with Crippen LogP contribution in [0.1, 0.15) is 61.9 Å². The molecule has 6 nitrogen and oxygen atoms in total. The number of nitrogens with zero attached hydrogens (tertiary/aromatic N) is 1. The first-order valence-electron chi connectivity index (χ1n) is 10.2. The van der Waals surface area contributed by atoms with Crippen molar-refractivity contribution in [2.75, 3.05) is 6.54 Å². The third-order valence-corrected chi connectivity index (χ3v) is 6.27. The van der Waals surface area contributed by atoms with Crippen LogP contribution < -0.4 is 16.2 Å². The molecule has 2 aliphatic rings. The molecule has 1 heterocycles. The molecule has 28 heavy (non-hydrogen) atoms. The third kappa shape index (κ3) is 5.22. The monoisotopic (exact) mass is 402 g/mol. The molecule has 0 spiro atoms. The van der Waals surface area contributed by atoms with Crippen molar-refractivity contribution in [1.82, 2.24) is 21.1 Å². The van der Waals surface area contributed by atoms with Crippen molar-refractivity contribution in [1.29, 1.82) is 0 Å². The summed E-state index contributed by atoms with van der Waals surface area (Å²) in [5, 5.41) is 3.77. The highest BCUT2D eigenvalue weighted by atomic mass is 32.1. The van der Waals surface area contributed by atoms with Gasteiger partial charge in [-0.15, -0.1) is 0 Å². The van der Waals surface area contributed by atoms with E-state index in [1.165, 1.54) is 12.8 Å². The standard InChI is InChI=1S/C21H30N4O2S/c1-14-6-3-9-18(15(14)2)22-21(28)24-23-20(27)17-8-4-7-16(12-17)13-25-11-5-10-19(25)26/h4,7-8,12,14-15,18H,3,5-6,9-11,13H2,1-2H3,(H,23,27)(H2,22,24,28)/t14-,15+,18-/m0/s1. The van der Waals surface area contributed by atoms with E-state index >= 15 is 0 Å². The number of carbonyl (C=O) groups is 2. The average molecular weight is 403 g/mol. The molecule has 0 bridgehead atoms. The van der Waals surface area contributed by atoms with Crippen molar-refractivity contribution in [3.63, 3.8) is 0 Å². The van der Waals surface area contributed by atoms with E-state index in [4.69, 9.17) is 12.2 Å². The van der Waals surface area contributed by atoms with Gasteiger partial charge in [0.05, 0.1) is 0 Å². The van der Waals surface area contributed by atoms with Crippen LogP contribution in [0.2, 0.25) is 0 Å². The number of hydrogen-bond donors (Lipinski definition) is 3. The lowest BCUT2D eigenvalue weighted by molar-refractivity contribution is -0.128. The van der Waals surface area contributed by atoms with Gasteiger partial charge in [-0.3, -0.25) is 20.4 Å². The molecule has 1 aliphatic carbocycles. The van der Waals surface area contributed by atoms with Crippen LogP contribution >= 0.6 is 12.2 Å². The quantitative estimate of drug-likeness (QED) is 0.533. The van der Waals surface area contributed by atoms with E-state index in [0.717, 1.165) is 24.9 Å². The topological polar surface area (TPSA) is 73.5 Å². The first kappa shape index (κ1) is 20.6. The molecular weight excluding hydrogens is 372 g/mol. The zero-order valence-corrected chi connectivity index (χ0v) is 17.5. The number of amides is 2. The average Bonchev–Trinajstić information content (AvgIpc) is 3.08. The van der Waals surface area contributed by atoms with E-state index in [9.17, 15) is 9.59 Å². The summed E-state index contributed by atoms with van der Waals surface area (Å²) in [6.45, 7) is 5.86. The van der Waals surface area contributed by atoms with Crippen LogP contribution in [0.3, 0.4) is 0 Å². The van der Waals surface area contributed by atoms with Crippen LogP contribution in [-0.2, 0) is 11.3 Å². The van der Waals surface area contributed by atoms with Gasteiger partial charge < -0.3 is 10.2 Å². The summed E-state index contributed by atoms with van der Waals surface area (Å²) in [5.74, 6) is 1.16. The molecule has 1 saturated carbocycles. The maximum Gasteiger partial charge on any atom is 0.269 e. The lowest BCUT2D eigenvalue weighted by Gasteiger charge is -2.35. The van der Waals surface area contributed by atoms with E-state index < -0.39 is 0 Å². The van der Waals surface area contributed by atoms with E-state index in [2.05, 4.69) is 30.0 Å². The van der Waals surface area contributed by atoms with E-state index in [1.54, 1.807) is 6.07 Å². The van der Waals surface area contributed by atoms with E-state index in [-0.39, 0.29) is 11.8 Å². The van der Waals surface area contributed by atoms with Crippen LogP contribution in [-0.4, -0.2) is 34.4 Å². The highest BCUT2D eigenvalue weighted by molar-refractivity contribution is 7.80. The minimum atomic E-state index is -0.246. The molecule has 0 unspecified atom stereocenters. The highest BCUT2D eigenvalue weighted by Crippen LogP contribution is 2.29. The molecule has 3 N–H and O–H groups in total. The number of hydrazine groups is 1. The number of nitrogens with one attached hydrogen (secondary N) is 3. The summed E-state index contributed by atoms with van der Waals surface area (Å²) in [5.41, 5.74) is 6.98. The van der Waals surface area contributed by atoms with Crippen LogP contribution in [0.5, 0.6) is 0 Å². The molecule has 2 fully saturated rings. The second-order valence-electron chi connectivity index (χ2n) is 8.05. The summed E-state index contributed by atoms with van der Waals surface area (Å²) in [7, 11) is 0. The van der Waals surface area contributed by atoms with Crippen LogP contribution in [0, 0.1) is 11.8 Å². The molecule has 3 atom stereocenters. The normalized spacial score (nSPS) is 24.7. The maximum absolute atomic E-state index is 12.5. The fraction of sp³-hybridized carbons (Fsp3) is 0.571. The van der Waals surface area contributed by atoms with Crippen molar-refractivity contribution in [2.45, 2.75) is 58.5 Å². The Kier molecular flexibility index (Phi) is 6.88. The molecular formula is C21H30N4O2S. The highest BCUT2D eigenvalue weighted by Gasteiger charge is 2.27. The lowest BCUT2D eigenvalue weighted by atomic mass is 9.78. The maximum atomic E-state index is 12.5. The third-order valence-electron chi connectivity index (χ3n) is 6.05. The number of thiocarbonyl (C=S) groups is 1. The van der Waals surface area contributed by atoms with Gasteiger partial charge in [0.2, 0.25) is 5.91 Å². The van der Waals surface area contributed by atoms with Gasteiger partial charge >= 0.3 is 0 Å². The first-order chi connectivity index (χ1) is 13.4. The number of carbonyl (C=O) groups excluding carboxylic acids is 2. The number of hydrogen-bond acceptors (Lipinski definition) is 3. The number of rotatable bonds is 4. The fourth-order valence-corrected chi connectivity index (χ4v) is 4.28. The Hall–Kier alpha value is -2.15. The Balaban J connectivity index is 1.49. The molecule has 0 radical (unpaired) electrons. The largest absolute Gasteiger partial charge is 0.358 e. The van der Waals surface area contributed by atoms with Gasteiger partial charge in [-0.05, 0) is 54.6 Å². The Morgan fingerprint density at radius 1 is 1.21 bits per heavy atom. The zero-order valence-electron chi connectivity index (χ0n) is 16.7. The molecule has 7 heteroatoms. The van der Waals surface area contributed by atoms with Crippen molar-refractivity contribution in [3.8, 4) is 0 Å². The Labute approximate surface area is 172 Å². The van der Waals surface area contributed by atoms with Gasteiger partial charge in [0.1, 0.15) is 0 Å². The fourth-order valence-electron chi connectivity index (χ4n) is 4.08. The number of benzene rings is 1. The van der Waals surface area contributed by atoms with Crippen molar-refractivity contribution in [3.05, 3.63) is 35.4 Å². The predicted molar refractivity (Wildman–Crippen MR) is 113 cm³/mol. The van der Waals surface area contributed by atoms with Gasteiger partial charge in [0.25, 0.3) is 5.91 Å². The molecule has 1 saturated heterocycles. The molecule has 0 aromatic heterocycles. The SMILES string of the molecule is C[C@H]1[C@@H](NC(=S)NNC(=O)c2cccc(CN3CCCC3=O)c2)CCC[C@@H]1C. The molecule has 1 aliphatic heterocycles. The summed E-state index contributed by atoms with van der Waals surface area (Å²) >= 11 is 5.35. The van der Waals surface area contributed by atoms with Gasteiger partial charge in [0.15, 0.2) is 5.11 Å². The molecule has 1 aromatic carbocycles. The smallest absolute Gasteiger partial charge is 0.269 e. The Morgan fingerprint density at radius 3 is 2.79 bits per heavy atom. The lowest BCUT2D eigenvalue weighted by Crippen LogP contribution is -2.52. The second kappa shape index (κ2) is 9.37. The molecule has 1 aromatic rings. The van der Waals surface area contributed by atoms with Crippen molar-refractivity contribution < 1.29 is 9.59 Å². The molecule has 2 amide bonds. The van der Waals surface area contributed by atoms with Gasteiger partial charge in [0, 0.05) is 31.1 Å². The summed E-state index contributed by atoms with van der Waals surface area (Å²) in [4.78, 5) is 26.1. The van der Waals surface area contributed by atoms with Crippen LogP contribution in [0.15, 0.2) is 24.3 Å². The first-order valence-corrected chi connectivity index (χ1v) is 10.6. The van der Waals surface area contributed by atoms with Crippen LogP contribution in [0.4, 0.5) is 0 Å². The van der Waals surface area contributed by atoms with E-state index in [1.807, 2.05) is 23.1 Å². The Bertz CT molecular complexity index is 739. The van der Waals surface area contributed by atoms with Gasteiger partial charge in [-0.25, -0.2) is 0 Å².